The predicted molar refractivity (Wildman–Crippen MR) is 120 cm³/mol. The highest BCUT2D eigenvalue weighted by Crippen LogP contribution is 2.50. The lowest BCUT2D eigenvalue weighted by Gasteiger charge is -2.38. The zero-order valence-corrected chi connectivity index (χ0v) is 18.5. The van der Waals surface area contributed by atoms with E-state index < -0.39 is 12.2 Å². The standard InChI is InChI=1S/C23H25N5O3S/c1-2-17-26-27-23(32-17)25-22(31)24-16(12-13-6-4-3-5-7-13)28-20(29)18-14-8-9-15(11-10-14)19(18)21(28)30/h3-9,14-16,18-19H,2,10-12H2,1H3,(H2,24,25,27,31)/t14-,15-,16-,18+,19+/m0/s1. The molecule has 8 nitrogen and oxygen atoms in total. The maximum Gasteiger partial charge on any atom is 0.322 e. The van der Waals surface area contributed by atoms with Gasteiger partial charge in [-0.15, -0.1) is 10.2 Å². The number of aromatic nitrogens is 2. The fourth-order valence-corrected chi connectivity index (χ4v) is 5.85. The van der Waals surface area contributed by atoms with Gasteiger partial charge in [-0.3, -0.25) is 19.8 Å². The Morgan fingerprint density at radius 3 is 2.31 bits per heavy atom. The van der Waals surface area contributed by atoms with Gasteiger partial charge in [0.2, 0.25) is 16.9 Å². The number of amides is 4. The zero-order valence-electron chi connectivity index (χ0n) is 17.7. The largest absolute Gasteiger partial charge is 0.322 e. The van der Waals surface area contributed by atoms with E-state index >= 15 is 0 Å². The van der Waals surface area contributed by atoms with Gasteiger partial charge in [-0.2, -0.15) is 0 Å². The molecule has 2 N–H and O–H groups in total. The molecule has 1 aliphatic heterocycles. The van der Waals surface area contributed by atoms with Crippen LogP contribution in [0.15, 0.2) is 42.5 Å². The van der Waals surface area contributed by atoms with Crippen molar-refractivity contribution in [1.82, 2.24) is 20.4 Å². The van der Waals surface area contributed by atoms with Crippen LogP contribution >= 0.6 is 11.3 Å². The number of nitrogens with one attached hydrogen (secondary N) is 2. The first-order valence-electron chi connectivity index (χ1n) is 11.0. The van der Waals surface area contributed by atoms with E-state index in [9.17, 15) is 14.4 Å². The summed E-state index contributed by atoms with van der Waals surface area (Å²) in [6.45, 7) is 1.96. The summed E-state index contributed by atoms with van der Waals surface area (Å²) >= 11 is 1.30. The van der Waals surface area contributed by atoms with Crippen molar-refractivity contribution in [2.24, 2.45) is 23.7 Å². The van der Waals surface area contributed by atoms with Gasteiger partial charge in [0, 0.05) is 6.42 Å². The zero-order chi connectivity index (χ0) is 22.2. The van der Waals surface area contributed by atoms with E-state index in [4.69, 9.17) is 0 Å². The molecule has 32 heavy (non-hydrogen) atoms. The third-order valence-corrected chi connectivity index (χ3v) is 7.65. The Labute approximate surface area is 190 Å². The van der Waals surface area contributed by atoms with Gasteiger partial charge in [-0.25, -0.2) is 4.79 Å². The van der Waals surface area contributed by atoms with Crippen molar-refractivity contribution in [1.29, 1.82) is 0 Å². The summed E-state index contributed by atoms with van der Waals surface area (Å²) in [5.74, 6) is -0.777. The van der Waals surface area contributed by atoms with Crippen molar-refractivity contribution >= 4 is 34.3 Å². The molecular formula is C23H25N5O3S. The first kappa shape index (κ1) is 20.8. The van der Waals surface area contributed by atoms with E-state index in [2.05, 4.69) is 33.0 Å². The number of likely N-dealkylation sites (tertiary alicyclic amines) is 1. The molecule has 0 radical (unpaired) electrons. The number of carbonyl (C=O) groups excluding carboxylic acids is 3. The van der Waals surface area contributed by atoms with Crippen LogP contribution in [0.25, 0.3) is 0 Å². The number of carbonyl (C=O) groups is 3. The van der Waals surface area contributed by atoms with Crippen LogP contribution in [0.5, 0.6) is 0 Å². The number of aryl methyl sites for hydroxylation is 1. The van der Waals surface area contributed by atoms with Gasteiger partial charge >= 0.3 is 6.03 Å². The summed E-state index contributed by atoms with van der Waals surface area (Å²) in [6, 6.07) is 9.04. The SMILES string of the molecule is CCc1nnc(NC(=O)N[C@H](Cc2ccccc2)N2C(=O)[C@H]3[C@H](C2=O)[C@H]2C=C[C@H]3CC2)s1. The fraction of sp³-hybridized carbons (Fsp3) is 0.435. The highest BCUT2D eigenvalue weighted by atomic mass is 32.1. The molecular weight excluding hydrogens is 426 g/mol. The van der Waals surface area contributed by atoms with Crippen molar-refractivity contribution in [3.63, 3.8) is 0 Å². The first-order valence-corrected chi connectivity index (χ1v) is 11.9. The molecule has 1 aromatic carbocycles. The van der Waals surface area contributed by atoms with E-state index in [0.29, 0.717) is 11.6 Å². The van der Waals surface area contributed by atoms with E-state index in [-0.39, 0.29) is 35.5 Å². The minimum absolute atomic E-state index is 0.103. The number of allylic oxidation sites excluding steroid dienone is 2. The van der Waals surface area contributed by atoms with E-state index in [0.717, 1.165) is 29.8 Å². The third kappa shape index (κ3) is 3.70. The molecule has 1 saturated heterocycles. The Balaban J connectivity index is 1.39. The number of rotatable bonds is 6. The number of benzene rings is 1. The van der Waals surface area contributed by atoms with Crippen LogP contribution in [0.4, 0.5) is 9.93 Å². The van der Waals surface area contributed by atoms with Crippen LogP contribution in [-0.2, 0) is 22.4 Å². The van der Waals surface area contributed by atoms with E-state index in [1.54, 1.807) is 0 Å². The summed E-state index contributed by atoms with van der Waals surface area (Å²) in [5.41, 5.74) is 0.929. The van der Waals surface area contributed by atoms with E-state index in [1.165, 1.54) is 16.2 Å². The molecule has 0 unspecified atom stereocenters. The molecule has 5 atom stereocenters. The molecule has 2 fully saturated rings. The predicted octanol–water partition coefficient (Wildman–Crippen LogP) is 2.99. The average molecular weight is 452 g/mol. The van der Waals surface area contributed by atoms with Gasteiger partial charge in [0.05, 0.1) is 11.8 Å². The van der Waals surface area contributed by atoms with Gasteiger partial charge in [-0.05, 0) is 36.7 Å². The molecule has 2 bridgehead atoms. The molecule has 2 heterocycles. The number of nitrogens with zero attached hydrogens (tertiary/aromatic N) is 3. The van der Waals surface area contributed by atoms with Gasteiger partial charge in [0.25, 0.3) is 0 Å². The topological polar surface area (TPSA) is 104 Å². The van der Waals surface area contributed by atoms with Crippen LogP contribution in [0.1, 0.15) is 30.3 Å². The molecule has 4 aliphatic rings. The smallest absolute Gasteiger partial charge is 0.317 e. The van der Waals surface area contributed by atoms with Crippen molar-refractivity contribution in [3.8, 4) is 0 Å². The lowest BCUT2D eigenvalue weighted by atomic mass is 9.63. The number of anilines is 1. The molecule has 1 saturated carbocycles. The molecule has 0 spiro atoms. The molecule has 166 valence electrons. The third-order valence-electron chi connectivity index (χ3n) is 6.66. The second kappa shape index (κ2) is 8.46. The number of urea groups is 1. The van der Waals surface area contributed by atoms with Gasteiger partial charge in [0.1, 0.15) is 11.2 Å². The Hall–Kier alpha value is -3.07. The van der Waals surface area contributed by atoms with E-state index in [1.807, 2.05) is 37.3 Å². The summed E-state index contributed by atoms with van der Waals surface area (Å²) in [4.78, 5) is 41.0. The van der Waals surface area contributed by atoms with Gasteiger partial charge < -0.3 is 5.32 Å². The monoisotopic (exact) mass is 451 g/mol. The average Bonchev–Trinajstić information content (AvgIpc) is 3.37. The van der Waals surface area contributed by atoms with Crippen LogP contribution < -0.4 is 10.6 Å². The van der Waals surface area contributed by atoms with Crippen LogP contribution in [-0.4, -0.2) is 39.1 Å². The Morgan fingerprint density at radius 2 is 1.75 bits per heavy atom. The molecule has 3 aliphatic carbocycles. The number of fused-ring (bicyclic) bond motifs is 1. The Kier molecular flexibility index (Phi) is 5.50. The Morgan fingerprint density at radius 1 is 1.09 bits per heavy atom. The van der Waals surface area contributed by atoms with Crippen molar-refractivity contribution in [3.05, 3.63) is 53.1 Å². The minimum Gasteiger partial charge on any atom is -0.317 e. The number of hydrogen-bond donors (Lipinski definition) is 2. The molecule has 6 rings (SSSR count). The maximum absolute atomic E-state index is 13.4. The Bertz CT molecular complexity index is 1040. The first-order chi connectivity index (χ1) is 15.5. The summed E-state index contributed by atoms with van der Waals surface area (Å²) < 4.78 is 0. The van der Waals surface area contributed by atoms with Crippen LogP contribution in [0.3, 0.4) is 0 Å². The number of imide groups is 1. The summed E-state index contributed by atoms with van der Waals surface area (Å²) in [6.07, 6.45) is 6.35. The second-order valence-electron chi connectivity index (χ2n) is 8.55. The fourth-order valence-electron chi connectivity index (χ4n) is 5.18. The van der Waals surface area contributed by atoms with Gasteiger partial charge in [0.15, 0.2) is 0 Å². The summed E-state index contributed by atoms with van der Waals surface area (Å²) in [7, 11) is 0. The van der Waals surface area contributed by atoms with Crippen LogP contribution in [0, 0.1) is 23.7 Å². The maximum atomic E-state index is 13.4. The second-order valence-corrected chi connectivity index (χ2v) is 9.61. The highest BCUT2D eigenvalue weighted by molar-refractivity contribution is 7.15. The number of hydrogen-bond acceptors (Lipinski definition) is 6. The van der Waals surface area contributed by atoms with Crippen LogP contribution in [0.2, 0.25) is 0 Å². The lowest BCUT2D eigenvalue weighted by molar-refractivity contribution is -0.143. The lowest BCUT2D eigenvalue weighted by Crippen LogP contribution is -2.53. The molecule has 9 heteroatoms. The van der Waals surface area contributed by atoms with Crippen molar-refractivity contribution < 1.29 is 14.4 Å². The highest BCUT2D eigenvalue weighted by Gasteiger charge is 2.58. The summed E-state index contributed by atoms with van der Waals surface area (Å²) in [5, 5.41) is 14.7. The van der Waals surface area contributed by atoms with Gasteiger partial charge in [-0.1, -0.05) is 60.7 Å². The minimum atomic E-state index is -0.777. The van der Waals surface area contributed by atoms with Crippen molar-refractivity contribution in [2.75, 3.05) is 5.32 Å². The molecule has 1 aromatic heterocycles. The molecule has 4 amide bonds. The quantitative estimate of drug-likeness (QED) is 0.519. The normalized spacial score (nSPS) is 26.8. The molecule has 2 aromatic rings. The van der Waals surface area contributed by atoms with Crippen molar-refractivity contribution in [2.45, 2.75) is 38.8 Å².